The van der Waals surface area contributed by atoms with Gasteiger partial charge in [-0.15, -0.1) is 0 Å². The molecule has 0 radical (unpaired) electrons. The van der Waals surface area contributed by atoms with Crippen LogP contribution in [0.1, 0.15) is 0 Å². The third kappa shape index (κ3) is 1.03. The minimum atomic E-state index is -0.962. The third-order valence-corrected chi connectivity index (χ3v) is 1.04. The van der Waals surface area contributed by atoms with E-state index in [4.69, 9.17) is 10.4 Å². The number of nitrogens with zero attached hydrogens (tertiary/aromatic N) is 2. The van der Waals surface area contributed by atoms with E-state index in [9.17, 15) is 4.79 Å². The van der Waals surface area contributed by atoms with Crippen LogP contribution in [0, 0.1) is 11.3 Å². The van der Waals surface area contributed by atoms with Crippen molar-refractivity contribution in [3.63, 3.8) is 0 Å². The highest BCUT2D eigenvalue weighted by atomic mass is 16.3. The Bertz CT molecular complexity index is 259. The maximum atomic E-state index is 10.7. The summed E-state index contributed by atoms with van der Waals surface area (Å²) in [6.45, 7) is 0. The molecule has 1 N–H and O–H groups in total. The van der Waals surface area contributed by atoms with Gasteiger partial charge in [-0.25, -0.2) is 0 Å². The normalized spacial score (nSPS) is 23.7. The summed E-state index contributed by atoms with van der Waals surface area (Å²) in [6.07, 6.45) is 2.08. The Hall–Kier alpha value is -1.63. The summed E-state index contributed by atoms with van der Waals surface area (Å²) in [5, 5.41) is 16.9. The monoisotopic (exact) mass is 136 g/mol. The van der Waals surface area contributed by atoms with Gasteiger partial charge in [-0.05, 0) is 0 Å². The second-order valence-electron chi connectivity index (χ2n) is 1.78. The van der Waals surface area contributed by atoms with Crippen LogP contribution in [0.2, 0.25) is 0 Å². The SMILES string of the molecule is N#CC1N=CC(O)=CC1=O. The maximum Gasteiger partial charge on any atom is 0.198 e. The zero-order valence-corrected chi connectivity index (χ0v) is 4.98. The minimum Gasteiger partial charge on any atom is -0.506 e. The predicted octanol–water partition coefficient (Wildman–Crippen LogP) is -0.0260. The van der Waals surface area contributed by atoms with Crippen LogP contribution < -0.4 is 0 Å². The highest BCUT2D eigenvalue weighted by molar-refractivity contribution is 6.03. The molecular weight excluding hydrogens is 132 g/mol. The van der Waals surface area contributed by atoms with Gasteiger partial charge in [0, 0.05) is 6.08 Å². The van der Waals surface area contributed by atoms with Crippen molar-refractivity contribution in [3.05, 3.63) is 11.8 Å². The molecule has 1 unspecified atom stereocenters. The first-order chi connectivity index (χ1) is 4.74. The number of ketones is 1. The van der Waals surface area contributed by atoms with E-state index < -0.39 is 11.8 Å². The first-order valence-electron chi connectivity index (χ1n) is 2.61. The molecule has 1 atom stereocenters. The molecule has 1 rings (SSSR count). The van der Waals surface area contributed by atoms with Gasteiger partial charge in [-0.3, -0.25) is 9.79 Å². The number of hydrogen-bond donors (Lipinski definition) is 1. The number of nitriles is 1. The molecule has 0 bridgehead atoms. The Balaban J connectivity index is 2.87. The van der Waals surface area contributed by atoms with Gasteiger partial charge in [0.15, 0.2) is 11.8 Å². The van der Waals surface area contributed by atoms with Gasteiger partial charge in [0.2, 0.25) is 0 Å². The number of dihydropyridines is 1. The minimum absolute atomic E-state index is 0.198. The number of rotatable bonds is 0. The van der Waals surface area contributed by atoms with E-state index in [0.29, 0.717) is 0 Å². The molecule has 10 heavy (non-hydrogen) atoms. The van der Waals surface area contributed by atoms with E-state index in [0.717, 1.165) is 12.3 Å². The molecule has 1 aliphatic heterocycles. The molecule has 0 spiro atoms. The van der Waals surface area contributed by atoms with Gasteiger partial charge in [0.05, 0.1) is 12.3 Å². The quantitative estimate of drug-likeness (QED) is 0.508. The number of aliphatic hydroxyl groups is 1. The fourth-order valence-electron chi connectivity index (χ4n) is 0.583. The van der Waals surface area contributed by atoms with Crippen molar-refractivity contribution >= 4 is 12.0 Å². The Kier molecular flexibility index (Phi) is 1.50. The summed E-state index contributed by atoms with van der Waals surface area (Å²) in [6, 6.07) is 0.709. The van der Waals surface area contributed by atoms with E-state index in [2.05, 4.69) is 4.99 Å². The van der Waals surface area contributed by atoms with Gasteiger partial charge < -0.3 is 5.11 Å². The summed E-state index contributed by atoms with van der Waals surface area (Å²) in [5.41, 5.74) is 0. The Morgan fingerprint density at radius 1 is 1.80 bits per heavy atom. The first kappa shape index (κ1) is 6.49. The third-order valence-electron chi connectivity index (χ3n) is 1.04. The van der Waals surface area contributed by atoms with Crippen molar-refractivity contribution in [3.8, 4) is 6.07 Å². The van der Waals surface area contributed by atoms with Gasteiger partial charge >= 0.3 is 0 Å². The predicted molar refractivity (Wildman–Crippen MR) is 33.6 cm³/mol. The molecule has 4 heteroatoms. The molecule has 0 aromatic heterocycles. The summed E-state index contributed by atoms with van der Waals surface area (Å²) in [5.74, 6) is -0.668. The lowest BCUT2D eigenvalue weighted by atomic mass is 10.1. The Labute approximate surface area is 57.1 Å². The number of aliphatic hydroxyl groups excluding tert-OH is 1. The summed E-state index contributed by atoms with van der Waals surface area (Å²) >= 11 is 0. The van der Waals surface area contributed by atoms with Crippen LogP contribution in [0.5, 0.6) is 0 Å². The first-order valence-corrected chi connectivity index (χ1v) is 2.61. The van der Waals surface area contributed by atoms with E-state index >= 15 is 0 Å². The van der Waals surface area contributed by atoms with Crippen molar-refractivity contribution in [2.45, 2.75) is 6.04 Å². The molecule has 0 fully saturated rings. The highest BCUT2D eigenvalue weighted by Crippen LogP contribution is 2.01. The molecule has 50 valence electrons. The van der Waals surface area contributed by atoms with Crippen molar-refractivity contribution < 1.29 is 9.90 Å². The average Bonchev–Trinajstić information content (AvgIpc) is 1.88. The van der Waals surface area contributed by atoms with Crippen LogP contribution >= 0.6 is 0 Å². The fraction of sp³-hybridized carbons (Fsp3) is 0.167. The molecular formula is C6H4N2O2. The zero-order valence-electron chi connectivity index (χ0n) is 4.98. The lowest BCUT2D eigenvalue weighted by molar-refractivity contribution is -0.114. The van der Waals surface area contributed by atoms with E-state index in [1.807, 2.05) is 0 Å². The van der Waals surface area contributed by atoms with Crippen molar-refractivity contribution in [1.29, 1.82) is 5.26 Å². The number of allylic oxidation sites excluding steroid dienone is 1. The molecule has 1 heterocycles. The molecule has 1 aliphatic rings. The van der Waals surface area contributed by atoms with E-state index in [1.54, 1.807) is 6.07 Å². The van der Waals surface area contributed by atoms with Gasteiger partial charge in [0.1, 0.15) is 5.76 Å². The Morgan fingerprint density at radius 2 is 2.50 bits per heavy atom. The molecule has 0 aromatic rings. The van der Waals surface area contributed by atoms with Crippen molar-refractivity contribution in [2.75, 3.05) is 0 Å². The molecule has 0 aliphatic carbocycles. The number of aliphatic imine (C=N–C) groups is 1. The van der Waals surface area contributed by atoms with Crippen LogP contribution in [0.25, 0.3) is 0 Å². The van der Waals surface area contributed by atoms with Crippen LogP contribution in [-0.2, 0) is 4.79 Å². The standard InChI is InChI=1S/C6H4N2O2/c7-2-5-6(10)1-4(9)3-8-5/h1,3,5,9H. The van der Waals surface area contributed by atoms with E-state index in [-0.39, 0.29) is 5.76 Å². The van der Waals surface area contributed by atoms with Gasteiger partial charge in [-0.2, -0.15) is 5.26 Å². The smallest absolute Gasteiger partial charge is 0.198 e. The zero-order chi connectivity index (χ0) is 7.56. The topological polar surface area (TPSA) is 73.4 Å². The maximum absolute atomic E-state index is 10.7. The van der Waals surface area contributed by atoms with Crippen molar-refractivity contribution in [1.82, 2.24) is 0 Å². The fourth-order valence-corrected chi connectivity index (χ4v) is 0.583. The Morgan fingerprint density at radius 3 is 3.00 bits per heavy atom. The molecule has 0 aromatic carbocycles. The van der Waals surface area contributed by atoms with Gasteiger partial charge in [0.25, 0.3) is 0 Å². The summed E-state index contributed by atoms with van der Waals surface area (Å²) < 4.78 is 0. The van der Waals surface area contributed by atoms with E-state index in [1.165, 1.54) is 0 Å². The molecule has 0 saturated heterocycles. The van der Waals surface area contributed by atoms with Crippen LogP contribution in [0.3, 0.4) is 0 Å². The second-order valence-corrected chi connectivity index (χ2v) is 1.78. The van der Waals surface area contributed by atoms with Crippen LogP contribution in [-0.4, -0.2) is 23.1 Å². The highest BCUT2D eigenvalue weighted by Gasteiger charge is 2.17. The van der Waals surface area contributed by atoms with Crippen LogP contribution in [0.4, 0.5) is 0 Å². The number of carbonyl (C=O) groups is 1. The molecule has 4 nitrogen and oxygen atoms in total. The number of hydrogen-bond acceptors (Lipinski definition) is 4. The number of carbonyl (C=O) groups excluding carboxylic acids is 1. The molecule has 0 amide bonds. The molecule has 0 saturated carbocycles. The summed E-state index contributed by atoms with van der Waals surface area (Å²) in [4.78, 5) is 14.1. The summed E-state index contributed by atoms with van der Waals surface area (Å²) in [7, 11) is 0. The van der Waals surface area contributed by atoms with Gasteiger partial charge in [-0.1, -0.05) is 0 Å². The average molecular weight is 136 g/mol. The van der Waals surface area contributed by atoms with Crippen LogP contribution in [0.15, 0.2) is 16.8 Å². The van der Waals surface area contributed by atoms with Crippen molar-refractivity contribution in [2.24, 2.45) is 4.99 Å². The lowest BCUT2D eigenvalue weighted by Gasteiger charge is -2.02. The largest absolute Gasteiger partial charge is 0.506 e. The lowest BCUT2D eigenvalue weighted by Crippen LogP contribution is -2.18. The second kappa shape index (κ2) is 2.31.